The van der Waals surface area contributed by atoms with E-state index in [1.807, 2.05) is 41.9 Å². The van der Waals surface area contributed by atoms with Crippen LogP contribution in [-0.2, 0) is 9.53 Å². The standard InChI is InChI=1S/C28H26N4O3S/c1-15-22-23(16-9-11-17(12-10-16)26(34)35-4)24-19(13-28(2,3)14-20(24)33)29-25(22)32(31-15)27-30-18-7-5-6-8-21(18)36-27/h5-12,23,29H,13-14H2,1-4H3. The van der Waals surface area contributed by atoms with Gasteiger partial charge >= 0.3 is 5.97 Å². The number of aromatic nitrogens is 3. The van der Waals surface area contributed by atoms with E-state index in [0.29, 0.717) is 12.0 Å². The van der Waals surface area contributed by atoms with Crippen LogP contribution >= 0.6 is 11.3 Å². The van der Waals surface area contributed by atoms with Crippen LogP contribution < -0.4 is 5.32 Å². The third-order valence-electron chi connectivity index (χ3n) is 7.00. The molecule has 2 aromatic carbocycles. The van der Waals surface area contributed by atoms with Gasteiger partial charge in [0.15, 0.2) is 5.78 Å². The summed E-state index contributed by atoms with van der Waals surface area (Å²) in [6.07, 6.45) is 1.25. The molecule has 8 heteroatoms. The van der Waals surface area contributed by atoms with Crippen molar-refractivity contribution in [3.63, 3.8) is 0 Å². The van der Waals surface area contributed by atoms with Crippen molar-refractivity contribution in [2.24, 2.45) is 5.41 Å². The number of nitrogens with zero attached hydrogens (tertiary/aromatic N) is 3. The Kier molecular flexibility index (Phi) is 5.12. The second-order valence-electron chi connectivity index (χ2n) is 10.2. The zero-order chi connectivity index (χ0) is 25.2. The molecule has 0 saturated heterocycles. The number of thiazole rings is 1. The molecule has 0 bridgehead atoms. The van der Waals surface area contributed by atoms with E-state index in [4.69, 9.17) is 14.8 Å². The fourth-order valence-electron chi connectivity index (χ4n) is 5.43. The fourth-order valence-corrected chi connectivity index (χ4v) is 6.35. The Hall–Kier alpha value is -3.78. The third-order valence-corrected chi connectivity index (χ3v) is 8.01. The minimum Gasteiger partial charge on any atom is -0.465 e. The van der Waals surface area contributed by atoms with Gasteiger partial charge in [-0.15, -0.1) is 0 Å². The number of hydrogen-bond acceptors (Lipinski definition) is 7. The lowest BCUT2D eigenvalue weighted by molar-refractivity contribution is -0.118. The van der Waals surface area contributed by atoms with Gasteiger partial charge in [0.05, 0.1) is 28.6 Å². The number of Topliss-reactive ketones (excluding diaryl/α,β-unsaturated/α-hetero) is 1. The maximum absolute atomic E-state index is 13.6. The van der Waals surface area contributed by atoms with E-state index in [2.05, 4.69) is 25.2 Å². The highest BCUT2D eigenvalue weighted by Crippen LogP contribution is 2.50. The lowest BCUT2D eigenvalue weighted by Crippen LogP contribution is -2.34. The van der Waals surface area contributed by atoms with Crippen molar-refractivity contribution in [2.75, 3.05) is 12.4 Å². The molecule has 1 atom stereocenters. The molecular weight excluding hydrogens is 472 g/mol. The number of ether oxygens (including phenoxy) is 1. The first kappa shape index (κ1) is 22.7. The van der Waals surface area contributed by atoms with Crippen molar-refractivity contribution in [2.45, 2.75) is 39.5 Å². The molecule has 3 heterocycles. The Bertz CT molecular complexity index is 1540. The maximum Gasteiger partial charge on any atom is 0.337 e. The summed E-state index contributed by atoms with van der Waals surface area (Å²) in [5.41, 5.74) is 5.73. The normalized spacial score (nSPS) is 18.6. The largest absolute Gasteiger partial charge is 0.465 e. The number of benzene rings is 2. The van der Waals surface area contributed by atoms with Gasteiger partial charge in [-0.1, -0.05) is 49.4 Å². The number of esters is 1. The van der Waals surface area contributed by atoms with E-state index < -0.39 is 0 Å². The summed E-state index contributed by atoms with van der Waals surface area (Å²) < 4.78 is 7.84. The molecule has 6 rings (SSSR count). The van der Waals surface area contributed by atoms with Gasteiger partial charge in [-0.3, -0.25) is 4.79 Å². The Morgan fingerprint density at radius 1 is 1.14 bits per heavy atom. The Morgan fingerprint density at radius 2 is 1.89 bits per heavy atom. The number of fused-ring (bicyclic) bond motifs is 2. The minimum atomic E-state index is -0.386. The van der Waals surface area contributed by atoms with E-state index in [9.17, 15) is 9.59 Å². The predicted octanol–water partition coefficient (Wildman–Crippen LogP) is 5.78. The Labute approximate surface area is 212 Å². The number of rotatable bonds is 3. The van der Waals surface area contributed by atoms with E-state index in [1.54, 1.807) is 23.5 Å². The lowest BCUT2D eigenvalue weighted by atomic mass is 9.69. The number of allylic oxidation sites excluding steroid dienone is 2. The highest BCUT2D eigenvalue weighted by molar-refractivity contribution is 7.20. The van der Waals surface area contributed by atoms with Crippen molar-refractivity contribution < 1.29 is 14.3 Å². The van der Waals surface area contributed by atoms with Gasteiger partial charge in [0, 0.05) is 29.2 Å². The van der Waals surface area contributed by atoms with Crippen molar-refractivity contribution in [1.29, 1.82) is 0 Å². The average Bonchev–Trinajstić information content (AvgIpc) is 3.42. The number of methoxy groups -OCH3 is 1. The molecule has 36 heavy (non-hydrogen) atoms. The zero-order valence-corrected chi connectivity index (χ0v) is 21.4. The summed E-state index contributed by atoms with van der Waals surface area (Å²) in [7, 11) is 1.37. The molecule has 1 aliphatic heterocycles. The van der Waals surface area contributed by atoms with Gasteiger partial charge in [0.1, 0.15) is 5.82 Å². The first-order valence-corrected chi connectivity index (χ1v) is 12.7. The summed E-state index contributed by atoms with van der Waals surface area (Å²) in [6.45, 7) is 6.23. The van der Waals surface area contributed by atoms with Crippen LogP contribution in [0.4, 0.5) is 5.82 Å². The molecule has 0 saturated carbocycles. The van der Waals surface area contributed by atoms with Crippen LogP contribution in [-0.4, -0.2) is 33.6 Å². The lowest BCUT2D eigenvalue weighted by Gasteiger charge is -2.38. The van der Waals surface area contributed by atoms with Crippen LogP contribution in [0.1, 0.15) is 59.8 Å². The quantitative estimate of drug-likeness (QED) is 0.361. The minimum absolute atomic E-state index is 0.143. The smallest absolute Gasteiger partial charge is 0.337 e. The molecule has 0 amide bonds. The second kappa shape index (κ2) is 8.13. The number of para-hydroxylation sites is 1. The molecule has 1 N–H and O–H groups in total. The average molecular weight is 499 g/mol. The van der Waals surface area contributed by atoms with Crippen LogP contribution in [0.2, 0.25) is 0 Å². The monoisotopic (exact) mass is 498 g/mol. The number of carbonyl (C=O) groups is 2. The van der Waals surface area contributed by atoms with E-state index in [-0.39, 0.29) is 23.1 Å². The molecule has 4 aromatic rings. The molecule has 182 valence electrons. The number of nitrogens with one attached hydrogen (secondary N) is 1. The number of anilines is 1. The molecule has 0 radical (unpaired) electrons. The van der Waals surface area contributed by atoms with Crippen LogP contribution in [0.15, 0.2) is 59.8 Å². The highest BCUT2D eigenvalue weighted by atomic mass is 32.1. The molecule has 2 aliphatic rings. The molecule has 1 aliphatic carbocycles. The molecule has 7 nitrogen and oxygen atoms in total. The van der Waals surface area contributed by atoms with Gasteiger partial charge in [0.25, 0.3) is 0 Å². The third kappa shape index (κ3) is 3.55. The Morgan fingerprint density at radius 3 is 2.61 bits per heavy atom. The topological polar surface area (TPSA) is 86.1 Å². The zero-order valence-electron chi connectivity index (χ0n) is 20.6. The van der Waals surface area contributed by atoms with Gasteiger partial charge in [0.2, 0.25) is 5.13 Å². The summed E-state index contributed by atoms with van der Waals surface area (Å²) >= 11 is 1.59. The summed E-state index contributed by atoms with van der Waals surface area (Å²) in [5.74, 6) is 0.323. The van der Waals surface area contributed by atoms with E-state index in [1.165, 1.54) is 7.11 Å². The van der Waals surface area contributed by atoms with Crippen LogP contribution in [0.5, 0.6) is 0 Å². The molecule has 1 unspecified atom stereocenters. The van der Waals surface area contributed by atoms with Gasteiger partial charge in [-0.05, 0) is 48.6 Å². The van der Waals surface area contributed by atoms with Crippen molar-refractivity contribution in [1.82, 2.24) is 14.8 Å². The summed E-state index contributed by atoms with van der Waals surface area (Å²) in [6, 6.07) is 15.4. The number of carbonyl (C=O) groups excluding carboxylic acids is 2. The van der Waals surface area contributed by atoms with Crippen LogP contribution in [0, 0.1) is 12.3 Å². The molecule has 0 spiro atoms. The van der Waals surface area contributed by atoms with Crippen LogP contribution in [0.3, 0.4) is 0 Å². The first-order valence-electron chi connectivity index (χ1n) is 11.9. The number of aryl methyl sites for hydroxylation is 1. The molecular formula is C28H26N4O3S. The van der Waals surface area contributed by atoms with Gasteiger partial charge < -0.3 is 10.1 Å². The SMILES string of the molecule is COC(=O)c1ccc(C2C3=C(CC(C)(C)CC3=O)Nc3c2c(C)nn3-c2nc3ccccc3s2)cc1. The van der Waals surface area contributed by atoms with Crippen molar-refractivity contribution in [3.05, 3.63) is 82.2 Å². The van der Waals surface area contributed by atoms with Crippen molar-refractivity contribution >= 4 is 39.1 Å². The predicted molar refractivity (Wildman–Crippen MR) is 140 cm³/mol. The summed E-state index contributed by atoms with van der Waals surface area (Å²) in [4.78, 5) is 30.4. The fraction of sp³-hybridized carbons (Fsp3) is 0.286. The van der Waals surface area contributed by atoms with E-state index >= 15 is 0 Å². The molecule has 2 aromatic heterocycles. The summed E-state index contributed by atoms with van der Waals surface area (Å²) in [5, 5.41) is 9.29. The van der Waals surface area contributed by atoms with Gasteiger partial charge in [-0.2, -0.15) is 9.78 Å². The van der Waals surface area contributed by atoms with Crippen molar-refractivity contribution in [3.8, 4) is 5.13 Å². The maximum atomic E-state index is 13.6. The molecule has 0 fully saturated rings. The van der Waals surface area contributed by atoms with Gasteiger partial charge in [-0.25, -0.2) is 9.78 Å². The number of hydrogen-bond donors (Lipinski definition) is 1. The first-order chi connectivity index (χ1) is 17.3. The van der Waals surface area contributed by atoms with E-state index in [0.717, 1.165) is 55.7 Å². The highest BCUT2D eigenvalue weighted by Gasteiger charge is 2.43. The number of ketones is 1. The van der Waals surface area contributed by atoms with Crippen LogP contribution in [0.25, 0.3) is 15.3 Å². The second-order valence-corrected chi connectivity index (χ2v) is 11.2. The Balaban J connectivity index is 1.55.